The van der Waals surface area contributed by atoms with Crippen molar-refractivity contribution >= 4 is 29.5 Å². The zero-order chi connectivity index (χ0) is 25.7. The highest BCUT2D eigenvalue weighted by Crippen LogP contribution is 2.28. The minimum atomic E-state index is -1.20. The molecule has 4 rings (SSSR count). The number of fused-ring (bicyclic) bond motifs is 1. The second-order valence-corrected chi connectivity index (χ2v) is 9.67. The Bertz CT molecular complexity index is 1240. The van der Waals surface area contributed by atoms with Crippen molar-refractivity contribution in [1.29, 1.82) is 0 Å². The zero-order valence-electron chi connectivity index (χ0n) is 20.7. The van der Waals surface area contributed by atoms with Crippen LogP contribution in [0.2, 0.25) is 0 Å². The summed E-state index contributed by atoms with van der Waals surface area (Å²) in [5.41, 5.74) is 1.15. The molecule has 9 heteroatoms. The maximum Gasteiger partial charge on any atom is 0.358 e. The minimum Gasteiger partial charge on any atom is -0.461 e. The van der Waals surface area contributed by atoms with E-state index in [2.05, 4.69) is 10.4 Å². The van der Waals surface area contributed by atoms with Crippen LogP contribution in [0.4, 0.5) is 0 Å². The molecule has 188 valence electrons. The molecule has 0 saturated heterocycles. The van der Waals surface area contributed by atoms with Crippen LogP contribution in [0.5, 0.6) is 0 Å². The number of esters is 1. The number of nitrogens with one attached hydrogen (secondary N) is 1. The molecule has 0 aliphatic carbocycles. The number of benzene rings is 2. The summed E-state index contributed by atoms with van der Waals surface area (Å²) < 4.78 is 6.50. The minimum absolute atomic E-state index is 0.0572. The van der Waals surface area contributed by atoms with Gasteiger partial charge in [-0.15, -0.1) is 11.8 Å². The maximum absolute atomic E-state index is 13.7. The molecule has 0 fully saturated rings. The smallest absolute Gasteiger partial charge is 0.358 e. The molecule has 1 atom stereocenters. The third kappa shape index (κ3) is 5.31. The summed E-state index contributed by atoms with van der Waals surface area (Å²) in [7, 11) is 0. The van der Waals surface area contributed by atoms with Crippen molar-refractivity contribution in [1.82, 2.24) is 20.0 Å². The Morgan fingerprint density at radius 2 is 1.83 bits per heavy atom. The quantitative estimate of drug-likeness (QED) is 0.352. The average molecular weight is 507 g/mol. The lowest BCUT2D eigenvalue weighted by molar-refractivity contribution is -0.133. The van der Waals surface area contributed by atoms with E-state index in [-0.39, 0.29) is 36.4 Å². The van der Waals surface area contributed by atoms with Crippen molar-refractivity contribution in [2.24, 2.45) is 0 Å². The molecule has 0 bridgehead atoms. The number of carbonyl (C=O) groups is 3. The largest absolute Gasteiger partial charge is 0.461 e. The highest BCUT2D eigenvalue weighted by molar-refractivity contribution is 7.98. The van der Waals surface area contributed by atoms with E-state index < -0.39 is 11.5 Å². The van der Waals surface area contributed by atoms with Crippen LogP contribution in [0.3, 0.4) is 0 Å². The van der Waals surface area contributed by atoms with Crippen LogP contribution in [0.25, 0.3) is 0 Å². The Morgan fingerprint density at radius 3 is 2.50 bits per heavy atom. The van der Waals surface area contributed by atoms with E-state index in [0.717, 1.165) is 16.0 Å². The van der Waals surface area contributed by atoms with Crippen LogP contribution in [0.15, 0.2) is 65.6 Å². The molecular weight excluding hydrogens is 476 g/mol. The van der Waals surface area contributed by atoms with Gasteiger partial charge in [0.05, 0.1) is 13.2 Å². The van der Waals surface area contributed by atoms with Gasteiger partial charge in [0, 0.05) is 24.1 Å². The summed E-state index contributed by atoms with van der Waals surface area (Å²) >= 11 is 1.67. The van der Waals surface area contributed by atoms with Gasteiger partial charge in [0.1, 0.15) is 11.2 Å². The molecule has 8 nitrogen and oxygen atoms in total. The lowest BCUT2D eigenvalue weighted by Crippen LogP contribution is -2.64. The number of hydrogen-bond donors (Lipinski definition) is 1. The lowest BCUT2D eigenvalue weighted by Gasteiger charge is -2.43. The number of amides is 2. The monoisotopic (exact) mass is 506 g/mol. The zero-order valence-corrected chi connectivity index (χ0v) is 21.5. The van der Waals surface area contributed by atoms with E-state index >= 15 is 0 Å². The molecule has 36 heavy (non-hydrogen) atoms. The number of nitrogens with zero attached hydrogens (tertiary/aromatic N) is 3. The van der Waals surface area contributed by atoms with Gasteiger partial charge in [0.25, 0.3) is 5.91 Å². The second kappa shape index (κ2) is 11.0. The first-order valence-electron chi connectivity index (χ1n) is 11.9. The van der Waals surface area contributed by atoms with Crippen LogP contribution in [-0.2, 0) is 29.0 Å². The maximum atomic E-state index is 13.7. The molecule has 2 aromatic carbocycles. The third-order valence-electron chi connectivity index (χ3n) is 6.35. The second-order valence-electron chi connectivity index (χ2n) is 8.79. The van der Waals surface area contributed by atoms with Crippen molar-refractivity contribution in [3.05, 3.63) is 83.2 Å². The fourth-order valence-electron chi connectivity index (χ4n) is 4.30. The first-order valence-corrected chi connectivity index (χ1v) is 13.1. The number of thioether (sulfide) groups is 1. The Balaban J connectivity index is 1.61. The topological polar surface area (TPSA) is 93.5 Å². The van der Waals surface area contributed by atoms with Crippen LogP contribution in [-0.4, -0.2) is 57.4 Å². The number of carbonyl (C=O) groups excluding carboxylic acids is 3. The van der Waals surface area contributed by atoms with Crippen molar-refractivity contribution in [3.63, 3.8) is 0 Å². The van der Waals surface area contributed by atoms with Crippen molar-refractivity contribution in [3.8, 4) is 0 Å². The molecule has 0 spiro atoms. The van der Waals surface area contributed by atoms with Crippen molar-refractivity contribution in [2.75, 3.05) is 19.4 Å². The molecule has 0 unspecified atom stereocenters. The van der Waals surface area contributed by atoms with Crippen molar-refractivity contribution in [2.45, 2.75) is 43.8 Å². The molecule has 2 amide bonds. The van der Waals surface area contributed by atoms with E-state index in [1.807, 2.05) is 60.9 Å². The number of rotatable bonds is 9. The van der Waals surface area contributed by atoms with Gasteiger partial charge in [-0.05, 0) is 49.8 Å². The predicted octanol–water partition coefficient (Wildman–Crippen LogP) is 3.56. The molecule has 1 aromatic heterocycles. The standard InChI is InChI=1S/C27H30N4O4S/c1-4-35-25(33)22-16-23-24(32)30(15-14-19-10-12-21(36-3)13-11-19)27(2,18-31(23)29-22)26(34)28-17-20-8-6-5-7-9-20/h5-13,16H,4,14-15,17-18H2,1-3H3,(H,28,34)/t27-/m1/s1. The predicted molar refractivity (Wildman–Crippen MR) is 138 cm³/mol. The molecule has 1 aliphatic rings. The Morgan fingerprint density at radius 1 is 1.11 bits per heavy atom. The molecule has 1 N–H and O–H groups in total. The summed E-state index contributed by atoms with van der Waals surface area (Å²) in [4.78, 5) is 42.2. The summed E-state index contributed by atoms with van der Waals surface area (Å²) in [6, 6.07) is 19.2. The Hall–Kier alpha value is -3.59. The third-order valence-corrected chi connectivity index (χ3v) is 7.09. The highest BCUT2D eigenvalue weighted by atomic mass is 32.2. The van der Waals surface area contributed by atoms with Gasteiger partial charge in [-0.1, -0.05) is 42.5 Å². The van der Waals surface area contributed by atoms with E-state index in [9.17, 15) is 14.4 Å². The summed E-state index contributed by atoms with van der Waals surface area (Å²) in [6.07, 6.45) is 2.61. The van der Waals surface area contributed by atoms with E-state index in [0.29, 0.717) is 19.5 Å². The van der Waals surface area contributed by atoms with E-state index in [1.54, 1.807) is 30.5 Å². The first kappa shape index (κ1) is 25.5. The fraction of sp³-hybridized carbons (Fsp3) is 0.333. The lowest BCUT2D eigenvalue weighted by atomic mass is 9.94. The number of hydrogen-bond acceptors (Lipinski definition) is 6. The van der Waals surface area contributed by atoms with E-state index in [1.165, 1.54) is 10.7 Å². The highest BCUT2D eigenvalue weighted by Gasteiger charge is 2.48. The SMILES string of the molecule is CCOC(=O)c1cc2n(n1)C[C@](C)(C(=O)NCc1ccccc1)N(CCc1ccc(SC)cc1)C2=O. The molecule has 2 heterocycles. The molecule has 0 saturated carbocycles. The Labute approximate surface area is 215 Å². The summed E-state index contributed by atoms with van der Waals surface area (Å²) in [5.74, 6) is -1.22. The number of ether oxygens (including phenoxy) is 1. The average Bonchev–Trinajstić information content (AvgIpc) is 3.32. The normalized spacial score (nSPS) is 17.0. The van der Waals surface area contributed by atoms with Crippen LogP contribution < -0.4 is 5.32 Å². The van der Waals surface area contributed by atoms with Crippen LogP contribution in [0, 0.1) is 0 Å². The van der Waals surface area contributed by atoms with Gasteiger partial charge in [-0.25, -0.2) is 4.79 Å². The van der Waals surface area contributed by atoms with Gasteiger partial charge < -0.3 is 15.0 Å². The number of aromatic nitrogens is 2. The molecular formula is C27H30N4O4S. The Kier molecular flexibility index (Phi) is 7.79. The summed E-state index contributed by atoms with van der Waals surface area (Å²) in [6.45, 7) is 4.47. The van der Waals surface area contributed by atoms with Gasteiger partial charge in [0.2, 0.25) is 5.91 Å². The summed E-state index contributed by atoms with van der Waals surface area (Å²) in [5, 5.41) is 7.29. The van der Waals surface area contributed by atoms with Crippen LogP contribution in [0.1, 0.15) is 46.0 Å². The van der Waals surface area contributed by atoms with Gasteiger partial charge in [-0.3, -0.25) is 14.3 Å². The fourth-order valence-corrected chi connectivity index (χ4v) is 4.71. The van der Waals surface area contributed by atoms with Crippen LogP contribution >= 0.6 is 11.8 Å². The molecule has 0 radical (unpaired) electrons. The molecule has 3 aromatic rings. The molecule has 1 aliphatic heterocycles. The first-order chi connectivity index (χ1) is 17.4. The van der Waals surface area contributed by atoms with Crippen molar-refractivity contribution < 1.29 is 19.1 Å². The van der Waals surface area contributed by atoms with Gasteiger partial charge in [-0.2, -0.15) is 5.10 Å². The van der Waals surface area contributed by atoms with Gasteiger partial charge in [0.15, 0.2) is 5.69 Å². The van der Waals surface area contributed by atoms with E-state index in [4.69, 9.17) is 4.74 Å². The van der Waals surface area contributed by atoms with Gasteiger partial charge >= 0.3 is 5.97 Å².